The van der Waals surface area contributed by atoms with Crippen LogP contribution >= 0.6 is 11.6 Å². The lowest BCUT2D eigenvalue weighted by atomic mass is 9.97. The number of benzene rings is 1. The van der Waals surface area contributed by atoms with Gasteiger partial charge in [-0.15, -0.1) is 0 Å². The molecular formula is C15H23ClN2. The first-order valence-electron chi connectivity index (χ1n) is 6.99. The topological polar surface area (TPSA) is 24.1 Å². The molecule has 18 heavy (non-hydrogen) atoms. The second kappa shape index (κ2) is 7.13. The summed E-state index contributed by atoms with van der Waals surface area (Å²) >= 11 is 6.06. The monoisotopic (exact) mass is 266 g/mol. The highest BCUT2D eigenvalue weighted by atomic mass is 35.5. The average molecular weight is 267 g/mol. The van der Waals surface area contributed by atoms with Crippen molar-refractivity contribution in [2.45, 2.75) is 32.2 Å². The fourth-order valence-electron chi connectivity index (χ4n) is 2.62. The second-order valence-electron chi connectivity index (χ2n) is 5.12. The molecule has 1 fully saturated rings. The van der Waals surface area contributed by atoms with E-state index in [9.17, 15) is 0 Å². The van der Waals surface area contributed by atoms with Gasteiger partial charge in [-0.25, -0.2) is 0 Å². The van der Waals surface area contributed by atoms with Gasteiger partial charge in [-0.3, -0.25) is 0 Å². The van der Waals surface area contributed by atoms with Crippen LogP contribution in [0.2, 0.25) is 5.02 Å². The van der Waals surface area contributed by atoms with Gasteiger partial charge in [0.2, 0.25) is 0 Å². The maximum Gasteiger partial charge on any atom is 0.0409 e. The van der Waals surface area contributed by atoms with Crippen molar-refractivity contribution in [2.24, 2.45) is 5.92 Å². The summed E-state index contributed by atoms with van der Waals surface area (Å²) < 4.78 is 0. The Kier molecular flexibility index (Phi) is 5.48. The fraction of sp³-hybridized carbons (Fsp3) is 0.600. The molecule has 2 rings (SSSR count). The average Bonchev–Trinajstić information content (AvgIpc) is 2.41. The largest absolute Gasteiger partial charge is 0.317 e. The predicted octanol–water partition coefficient (Wildman–Crippen LogP) is 3.38. The van der Waals surface area contributed by atoms with E-state index in [1.165, 1.54) is 31.5 Å². The summed E-state index contributed by atoms with van der Waals surface area (Å²) in [5.74, 6) is 0.819. The summed E-state index contributed by atoms with van der Waals surface area (Å²) in [6, 6.07) is 8.64. The smallest absolute Gasteiger partial charge is 0.0409 e. The van der Waals surface area contributed by atoms with Crippen molar-refractivity contribution in [3.05, 3.63) is 34.9 Å². The lowest BCUT2D eigenvalue weighted by Crippen LogP contribution is -2.34. The summed E-state index contributed by atoms with van der Waals surface area (Å²) in [6.07, 6.45) is 3.68. The molecule has 2 N–H and O–H groups in total. The zero-order valence-corrected chi connectivity index (χ0v) is 11.8. The molecule has 0 bridgehead atoms. The van der Waals surface area contributed by atoms with Crippen molar-refractivity contribution in [1.82, 2.24) is 10.6 Å². The van der Waals surface area contributed by atoms with E-state index >= 15 is 0 Å². The van der Waals surface area contributed by atoms with Crippen LogP contribution in [-0.4, -0.2) is 19.6 Å². The van der Waals surface area contributed by atoms with Crippen molar-refractivity contribution in [3.63, 3.8) is 0 Å². The molecule has 2 nitrogen and oxygen atoms in total. The van der Waals surface area contributed by atoms with Gasteiger partial charge in [-0.05, 0) is 62.5 Å². The van der Waals surface area contributed by atoms with Crippen molar-refractivity contribution in [2.75, 3.05) is 19.6 Å². The van der Waals surface area contributed by atoms with Gasteiger partial charge in [-0.1, -0.05) is 30.7 Å². The molecule has 0 spiro atoms. The van der Waals surface area contributed by atoms with Crippen molar-refractivity contribution in [1.29, 1.82) is 0 Å². The quantitative estimate of drug-likeness (QED) is 0.854. The first-order valence-corrected chi connectivity index (χ1v) is 7.37. The normalized spacial score (nSPS) is 18.8. The third kappa shape index (κ3) is 3.98. The Labute approximate surface area is 115 Å². The molecule has 0 aromatic heterocycles. The Morgan fingerprint density at radius 3 is 2.83 bits per heavy atom. The number of piperidine rings is 1. The van der Waals surface area contributed by atoms with Crippen molar-refractivity contribution in [3.8, 4) is 0 Å². The molecule has 1 aromatic rings. The molecule has 1 aliphatic rings. The summed E-state index contributed by atoms with van der Waals surface area (Å²) in [5, 5.41) is 7.93. The van der Waals surface area contributed by atoms with Gasteiger partial charge in [0, 0.05) is 11.1 Å². The molecule has 1 aromatic carbocycles. The Balaban J connectivity index is 1.88. The molecule has 1 saturated heterocycles. The standard InChI is InChI=1S/C15H23ClN2/c1-2-15(13-4-3-5-14(16)10-13)18-11-12-6-8-17-9-7-12/h3-5,10,12,15,17-18H,2,6-9,11H2,1H3. The Hall–Kier alpha value is -0.570. The first kappa shape index (κ1) is 13.9. The number of hydrogen-bond donors (Lipinski definition) is 2. The summed E-state index contributed by atoms with van der Waals surface area (Å²) in [6.45, 7) is 5.67. The van der Waals surface area contributed by atoms with E-state index in [2.05, 4.69) is 29.7 Å². The number of halogens is 1. The molecule has 1 atom stereocenters. The van der Waals surface area contributed by atoms with E-state index in [0.29, 0.717) is 6.04 Å². The van der Waals surface area contributed by atoms with Gasteiger partial charge < -0.3 is 10.6 Å². The van der Waals surface area contributed by atoms with E-state index < -0.39 is 0 Å². The highest BCUT2D eigenvalue weighted by molar-refractivity contribution is 6.30. The minimum absolute atomic E-state index is 0.429. The highest BCUT2D eigenvalue weighted by Crippen LogP contribution is 2.21. The molecular weight excluding hydrogens is 244 g/mol. The number of nitrogens with one attached hydrogen (secondary N) is 2. The zero-order chi connectivity index (χ0) is 12.8. The van der Waals surface area contributed by atoms with Crippen LogP contribution < -0.4 is 10.6 Å². The number of hydrogen-bond acceptors (Lipinski definition) is 2. The third-order valence-corrected chi connectivity index (χ3v) is 4.01. The number of rotatable bonds is 5. The van der Waals surface area contributed by atoms with Crippen LogP contribution in [0, 0.1) is 5.92 Å². The minimum atomic E-state index is 0.429. The summed E-state index contributed by atoms with van der Waals surface area (Å²) in [5.41, 5.74) is 1.30. The molecule has 0 radical (unpaired) electrons. The third-order valence-electron chi connectivity index (χ3n) is 3.77. The molecule has 0 saturated carbocycles. The maximum atomic E-state index is 6.06. The predicted molar refractivity (Wildman–Crippen MR) is 78.1 cm³/mol. The van der Waals surface area contributed by atoms with Gasteiger partial charge >= 0.3 is 0 Å². The van der Waals surface area contributed by atoms with Crippen LogP contribution in [0.25, 0.3) is 0 Å². The van der Waals surface area contributed by atoms with Gasteiger partial charge in [0.25, 0.3) is 0 Å². The van der Waals surface area contributed by atoms with Crippen LogP contribution in [0.5, 0.6) is 0 Å². The SMILES string of the molecule is CCC(NCC1CCNCC1)c1cccc(Cl)c1. The van der Waals surface area contributed by atoms with Crippen LogP contribution in [0.15, 0.2) is 24.3 Å². The van der Waals surface area contributed by atoms with Gasteiger partial charge in [-0.2, -0.15) is 0 Å². The first-order chi connectivity index (χ1) is 8.79. The van der Waals surface area contributed by atoms with Crippen molar-refractivity contribution < 1.29 is 0 Å². The van der Waals surface area contributed by atoms with E-state index in [4.69, 9.17) is 11.6 Å². The van der Waals surface area contributed by atoms with Crippen LogP contribution in [0.4, 0.5) is 0 Å². The molecule has 0 aliphatic carbocycles. The highest BCUT2D eigenvalue weighted by Gasteiger charge is 2.15. The lowest BCUT2D eigenvalue weighted by Gasteiger charge is -2.26. The van der Waals surface area contributed by atoms with Crippen LogP contribution in [0.1, 0.15) is 37.8 Å². The van der Waals surface area contributed by atoms with E-state index in [-0.39, 0.29) is 0 Å². The van der Waals surface area contributed by atoms with Gasteiger partial charge in [0.1, 0.15) is 0 Å². The van der Waals surface area contributed by atoms with Gasteiger partial charge in [0.15, 0.2) is 0 Å². The molecule has 3 heteroatoms. The molecule has 100 valence electrons. The van der Waals surface area contributed by atoms with E-state index in [0.717, 1.165) is 23.9 Å². The van der Waals surface area contributed by atoms with Crippen molar-refractivity contribution >= 4 is 11.6 Å². The zero-order valence-electron chi connectivity index (χ0n) is 11.1. The minimum Gasteiger partial charge on any atom is -0.317 e. The van der Waals surface area contributed by atoms with E-state index in [1.54, 1.807) is 0 Å². The van der Waals surface area contributed by atoms with Crippen LogP contribution in [-0.2, 0) is 0 Å². The second-order valence-corrected chi connectivity index (χ2v) is 5.55. The molecule has 0 amide bonds. The Morgan fingerprint density at radius 2 is 2.17 bits per heavy atom. The lowest BCUT2D eigenvalue weighted by molar-refractivity contribution is 0.338. The van der Waals surface area contributed by atoms with Gasteiger partial charge in [0.05, 0.1) is 0 Å². The Morgan fingerprint density at radius 1 is 1.39 bits per heavy atom. The molecule has 1 aliphatic heterocycles. The van der Waals surface area contributed by atoms with E-state index in [1.807, 2.05) is 12.1 Å². The summed E-state index contributed by atoms with van der Waals surface area (Å²) in [4.78, 5) is 0. The van der Waals surface area contributed by atoms with Crippen LogP contribution in [0.3, 0.4) is 0 Å². The molecule has 1 unspecified atom stereocenters. The fourth-order valence-corrected chi connectivity index (χ4v) is 2.81. The maximum absolute atomic E-state index is 6.06. The molecule has 1 heterocycles. The Bertz CT molecular complexity index is 361. The summed E-state index contributed by atoms with van der Waals surface area (Å²) in [7, 11) is 0.